The van der Waals surface area contributed by atoms with E-state index >= 15 is 0 Å². The highest BCUT2D eigenvalue weighted by molar-refractivity contribution is 6.12. The molecule has 2 aromatic heterocycles. The van der Waals surface area contributed by atoms with Gasteiger partial charge in [0.15, 0.2) is 0 Å². The molecule has 0 N–H and O–H groups in total. The van der Waals surface area contributed by atoms with Crippen molar-refractivity contribution in [2.75, 3.05) is 0 Å². The van der Waals surface area contributed by atoms with Gasteiger partial charge in [-0.2, -0.15) is 0 Å². The molecule has 0 amide bonds. The molecule has 0 aliphatic carbocycles. The van der Waals surface area contributed by atoms with Crippen LogP contribution in [0.5, 0.6) is 0 Å². The van der Waals surface area contributed by atoms with Crippen molar-refractivity contribution in [3.63, 3.8) is 0 Å². The molecule has 13 rings (SSSR count). The van der Waals surface area contributed by atoms with Crippen LogP contribution in [0.1, 0.15) is 22.3 Å². The van der Waals surface area contributed by atoms with Crippen LogP contribution in [0.15, 0.2) is 279 Å². The summed E-state index contributed by atoms with van der Waals surface area (Å²) in [7, 11) is 0. The Balaban J connectivity index is 0.860. The van der Waals surface area contributed by atoms with Crippen LogP contribution in [-0.2, 0) is 5.41 Å². The Labute approximate surface area is 402 Å². The van der Waals surface area contributed by atoms with E-state index in [-0.39, 0.29) is 0 Å². The van der Waals surface area contributed by atoms with Crippen molar-refractivity contribution in [2.24, 2.45) is 0 Å². The van der Waals surface area contributed by atoms with Crippen LogP contribution in [0.25, 0.3) is 88.4 Å². The van der Waals surface area contributed by atoms with E-state index in [0.717, 1.165) is 5.69 Å². The molecule has 0 radical (unpaired) electrons. The van der Waals surface area contributed by atoms with Crippen LogP contribution in [0.3, 0.4) is 0 Å². The highest BCUT2D eigenvalue weighted by Crippen LogP contribution is 2.46. The number of benzene rings is 11. The van der Waals surface area contributed by atoms with E-state index < -0.39 is 5.41 Å². The third-order valence-corrected chi connectivity index (χ3v) is 14.3. The number of hydrogen-bond donors (Lipinski definition) is 0. The molecule has 0 saturated carbocycles. The monoisotopic (exact) mass is 878 g/mol. The van der Waals surface area contributed by atoms with Crippen LogP contribution in [-0.4, -0.2) is 9.13 Å². The lowest BCUT2D eigenvalue weighted by molar-refractivity contribution is 0.745. The molecular weight excluding hydrogens is 833 g/mol. The Morgan fingerprint density at radius 3 is 1.06 bits per heavy atom. The summed E-state index contributed by atoms with van der Waals surface area (Å²) in [5.41, 5.74) is 18.7. The highest BCUT2D eigenvalue weighted by atomic mass is 15.0. The zero-order valence-corrected chi connectivity index (χ0v) is 38.0. The SMILES string of the molecule is c1ccc(-n2c3ccccc3c3cc(-c4ccc5c(c4)c4ccccc4n5-c4ccc(-c5cccc(-c6cccc(C(c7ccccc7)(c7ccccc7)c7ccccc7)c6)c5)cc4)ccc32)cc1. The first-order chi connectivity index (χ1) is 34.2. The molecule has 0 aliphatic rings. The standard InChI is InChI=1S/C67H46N2/c1-5-22-53(23-6-1)67(54-24-7-2-8-25-54,55-26-9-3-10-27-55)56-28-18-21-50(44-56)49-20-17-19-48(43-49)47-35-39-58(40-36-47)69-64-34-16-14-32-60(64)62-46-52(38-42-66(62)69)51-37-41-65-61(45-51)59-31-13-15-33-63(59)68(65)57-29-11-4-12-30-57/h1-46H. The molecule has 2 heteroatoms. The van der Waals surface area contributed by atoms with Crippen LogP contribution in [0, 0.1) is 0 Å². The molecule has 324 valence electrons. The van der Waals surface area contributed by atoms with Gasteiger partial charge in [0.25, 0.3) is 0 Å². The molecule has 13 aromatic rings. The number of fused-ring (bicyclic) bond motifs is 6. The van der Waals surface area contributed by atoms with Crippen molar-refractivity contribution in [3.8, 4) is 44.8 Å². The van der Waals surface area contributed by atoms with Gasteiger partial charge in [-0.15, -0.1) is 0 Å². The second-order valence-corrected chi connectivity index (χ2v) is 18.1. The van der Waals surface area contributed by atoms with E-state index in [0.29, 0.717) is 0 Å². The lowest BCUT2D eigenvalue weighted by atomic mass is 9.65. The number of para-hydroxylation sites is 3. The van der Waals surface area contributed by atoms with Crippen LogP contribution < -0.4 is 0 Å². The fraction of sp³-hybridized carbons (Fsp3) is 0.0149. The van der Waals surface area contributed by atoms with Gasteiger partial charge in [0.2, 0.25) is 0 Å². The second-order valence-electron chi connectivity index (χ2n) is 18.1. The van der Waals surface area contributed by atoms with Gasteiger partial charge in [-0.05, 0) is 128 Å². The number of rotatable bonds is 9. The largest absolute Gasteiger partial charge is 0.309 e. The van der Waals surface area contributed by atoms with E-state index in [1.54, 1.807) is 0 Å². The minimum atomic E-state index is -0.513. The van der Waals surface area contributed by atoms with E-state index in [1.807, 2.05) is 0 Å². The molecule has 0 saturated heterocycles. The summed E-state index contributed by atoms with van der Waals surface area (Å²) < 4.78 is 4.79. The summed E-state index contributed by atoms with van der Waals surface area (Å²) >= 11 is 0. The van der Waals surface area contributed by atoms with Crippen molar-refractivity contribution in [2.45, 2.75) is 5.41 Å². The third kappa shape index (κ3) is 6.72. The van der Waals surface area contributed by atoms with Gasteiger partial charge in [-0.25, -0.2) is 0 Å². The summed E-state index contributed by atoms with van der Waals surface area (Å²) in [4.78, 5) is 0. The third-order valence-electron chi connectivity index (χ3n) is 14.3. The first kappa shape index (κ1) is 40.3. The molecule has 0 fully saturated rings. The first-order valence-corrected chi connectivity index (χ1v) is 23.8. The molecular formula is C67H46N2. The maximum absolute atomic E-state index is 2.41. The number of hydrogen-bond acceptors (Lipinski definition) is 0. The molecule has 2 heterocycles. The van der Waals surface area contributed by atoms with Gasteiger partial charge < -0.3 is 9.13 Å². The van der Waals surface area contributed by atoms with Crippen molar-refractivity contribution >= 4 is 43.6 Å². The zero-order chi connectivity index (χ0) is 45.7. The van der Waals surface area contributed by atoms with E-state index in [4.69, 9.17) is 0 Å². The van der Waals surface area contributed by atoms with Crippen molar-refractivity contribution in [3.05, 3.63) is 301 Å². The Morgan fingerprint density at radius 1 is 0.203 bits per heavy atom. The predicted octanol–water partition coefficient (Wildman–Crippen LogP) is 17.3. The molecule has 0 bridgehead atoms. The van der Waals surface area contributed by atoms with Crippen molar-refractivity contribution in [1.29, 1.82) is 0 Å². The maximum Gasteiger partial charge on any atom is 0.0701 e. The van der Waals surface area contributed by atoms with Gasteiger partial charge >= 0.3 is 0 Å². The Kier molecular flexibility index (Phi) is 9.77. The molecule has 0 unspecified atom stereocenters. The Bertz CT molecular complexity index is 3880. The second kappa shape index (κ2) is 16.7. The van der Waals surface area contributed by atoms with Gasteiger partial charge in [0.1, 0.15) is 0 Å². The van der Waals surface area contributed by atoms with E-state index in [2.05, 4.69) is 288 Å². The van der Waals surface area contributed by atoms with Crippen LogP contribution in [0.4, 0.5) is 0 Å². The summed E-state index contributed by atoms with van der Waals surface area (Å²) in [5, 5.41) is 4.99. The molecule has 0 atom stereocenters. The van der Waals surface area contributed by atoms with Gasteiger partial charge in [-0.3, -0.25) is 0 Å². The average Bonchev–Trinajstić information content (AvgIpc) is 3.95. The summed E-state index contributed by atoms with van der Waals surface area (Å²) in [5.74, 6) is 0. The van der Waals surface area contributed by atoms with E-state index in [9.17, 15) is 0 Å². The molecule has 0 aliphatic heterocycles. The molecule has 11 aromatic carbocycles. The van der Waals surface area contributed by atoms with Crippen molar-refractivity contribution in [1.82, 2.24) is 9.13 Å². The zero-order valence-electron chi connectivity index (χ0n) is 38.0. The minimum Gasteiger partial charge on any atom is -0.309 e. The highest BCUT2D eigenvalue weighted by Gasteiger charge is 2.38. The van der Waals surface area contributed by atoms with Gasteiger partial charge in [-0.1, -0.05) is 206 Å². The number of aromatic nitrogens is 2. The molecule has 2 nitrogen and oxygen atoms in total. The Hall–Kier alpha value is -8.98. The van der Waals surface area contributed by atoms with E-state index in [1.165, 1.54) is 105 Å². The first-order valence-electron chi connectivity index (χ1n) is 23.8. The lowest BCUT2D eigenvalue weighted by Crippen LogP contribution is -2.31. The summed E-state index contributed by atoms with van der Waals surface area (Å²) in [6.07, 6.45) is 0. The fourth-order valence-electron chi connectivity index (χ4n) is 11.1. The fourth-order valence-corrected chi connectivity index (χ4v) is 11.1. The molecule has 0 spiro atoms. The normalized spacial score (nSPS) is 11.8. The average molecular weight is 879 g/mol. The summed E-state index contributed by atoms with van der Waals surface area (Å²) in [6, 6.07) is 102. The van der Waals surface area contributed by atoms with Crippen LogP contribution in [0.2, 0.25) is 0 Å². The van der Waals surface area contributed by atoms with Gasteiger partial charge in [0, 0.05) is 32.9 Å². The van der Waals surface area contributed by atoms with Crippen molar-refractivity contribution < 1.29 is 0 Å². The number of nitrogens with zero attached hydrogens (tertiary/aromatic N) is 2. The molecule has 69 heavy (non-hydrogen) atoms. The Morgan fingerprint density at radius 2 is 0.551 bits per heavy atom. The topological polar surface area (TPSA) is 9.86 Å². The van der Waals surface area contributed by atoms with Crippen LogP contribution >= 0.6 is 0 Å². The smallest absolute Gasteiger partial charge is 0.0701 e. The maximum atomic E-state index is 2.41. The van der Waals surface area contributed by atoms with Gasteiger partial charge in [0.05, 0.1) is 27.5 Å². The lowest BCUT2D eigenvalue weighted by Gasteiger charge is -2.37. The quantitative estimate of drug-likeness (QED) is 0.128. The predicted molar refractivity (Wildman–Crippen MR) is 290 cm³/mol. The summed E-state index contributed by atoms with van der Waals surface area (Å²) in [6.45, 7) is 0. The minimum absolute atomic E-state index is 0.513.